The molecule has 0 spiro atoms. The van der Waals surface area contributed by atoms with Gasteiger partial charge < -0.3 is 28.2 Å². The van der Waals surface area contributed by atoms with Crippen molar-refractivity contribution in [1.82, 2.24) is 10.1 Å². The number of halogens is 1. The number of benzene rings is 2. The second-order valence-electron chi connectivity index (χ2n) is 5.94. The molecule has 0 amide bonds. The molecule has 0 saturated heterocycles. The van der Waals surface area contributed by atoms with Crippen LogP contribution in [0.2, 0.25) is 0 Å². The number of hydrogen-bond donors (Lipinski definition) is 0. The maximum atomic E-state index is 6.41. The summed E-state index contributed by atoms with van der Waals surface area (Å²) in [6.45, 7) is 0.142. The molecule has 4 rings (SSSR count). The normalized spacial score (nSPS) is 12.8. The lowest BCUT2D eigenvalue weighted by Crippen LogP contribution is -1.93. The highest BCUT2D eigenvalue weighted by molar-refractivity contribution is 6.50. The number of aromatic nitrogens is 2. The molecule has 150 valence electrons. The molecule has 3 aromatic rings. The summed E-state index contributed by atoms with van der Waals surface area (Å²) in [5, 5.41) is 4.26. The molecule has 8 nitrogen and oxygen atoms in total. The van der Waals surface area contributed by atoms with E-state index in [1.54, 1.807) is 57.7 Å². The molecule has 0 unspecified atom stereocenters. The minimum Gasteiger partial charge on any atom is -0.497 e. The molecule has 2 heterocycles. The molecule has 9 heteroatoms. The summed E-state index contributed by atoms with van der Waals surface area (Å²) in [6, 6.07) is 8.87. The molecule has 0 atom stereocenters. The Kier molecular flexibility index (Phi) is 5.18. The Balaban J connectivity index is 1.65. The van der Waals surface area contributed by atoms with Crippen LogP contribution in [0.25, 0.3) is 22.5 Å². The van der Waals surface area contributed by atoms with Crippen LogP contribution in [0.1, 0.15) is 11.5 Å². The Hall–Kier alpha value is -3.39. The molecular weight excluding hydrogens is 400 g/mol. The third-order valence-corrected chi connectivity index (χ3v) is 4.52. The third-order valence-electron chi connectivity index (χ3n) is 4.25. The van der Waals surface area contributed by atoms with Gasteiger partial charge in [0.25, 0.3) is 5.89 Å². The van der Waals surface area contributed by atoms with Crippen molar-refractivity contribution < 1.29 is 28.2 Å². The Morgan fingerprint density at radius 2 is 1.86 bits per heavy atom. The van der Waals surface area contributed by atoms with Gasteiger partial charge in [0.1, 0.15) is 16.5 Å². The van der Waals surface area contributed by atoms with Crippen LogP contribution in [0.15, 0.2) is 34.9 Å². The first-order valence-corrected chi connectivity index (χ1v) is 8.92. The number of hydrogen-bond acceptors (Lipinski definition) is 8. The molecule has 1 aliphatic heterocycles. The van der Waals surface area contributed by atoms with Crippen molar-refractivity contribution in [2.45, 2.75) is 0 Å². The Morgan fingerprint density at radius 1 is 1.03 bits per heavy atom. The first-order chi connectivity index (χ1) is 14.1. The van der Waals surface area contributed by atoms with Gasteiger partial charge in [0, 0.05) is 6.07 Å². The molecule has 2 aromatic carbocycles. The van der Waals surface area contributed by atoms with Gasteiger partial charge in [-0.1, -0.05) is 16.8 Å². The smallest absolute Gasteiger partial charge is 0.269 e. The third kappa shape index (κ3) is 3.66. The van der Waals surface area contributed by atoms with Crippen LogP contribution < -0.4 is 23.7 Å². The highest BCUT2D eigenvalue weighted by Crippen LogP contribution is 2.42. The van der Waals surface area contributed by atoms with E-state index < -0.39 is 0 Å². The fourth-order valence-corrected chi connectivity index (χ4v) is 3.06. The highest BCUT2D eigenvalue weighted by atomic mass is 35.5. The van der Waals surface area contributed by atoms with Crippen molar-refractivity contribution in [3.05, 3.63) is 41.8 Å². The van der Waals surface area contributed by atoms with Crippen LogP contribution in [0.3, 0.4) is 0 Å². The standard InChI is InChI=1S/C20H17ClN2O6/c1-24-12-4-5-13(15(9-12)25-2)19-22-20(29-23-19)14(21)6-11-7-16(26-3)18-17(8-11)27-10-28-18/h4-9H,10H2,1-3H3/b14-6-. The molecule has 29 heavy (non-hydrogen) atoms. The second-order valence-corrected chi connectivity index (χ2v) is 6.35. The zero-order valence-corrected chi connectivity index (χ0v) is 16.6. The number of rotatable bonds is 6. The molecule has 1 aromatic heterocycles. The SMILES string of the molecule is COc1ccc(-c2noc(/C(Cl)=C/c3cc(OC)c4c(c3)OCO4)n2)c(OC)c1. The van der Waals surface area contributed by atoms with E-state index in [2.05, 4.69) is 10.1 Å². The van der Waals surface area contributed by atoms with Crippen molar-refractivity contribution in [3.63, 3.8) is 0 Å². The van der Waals surface area contributed by atoms with Crippen LogP contribution >= 0.6 is 11.6 Å². The summed E-state index contributed by atoms with van der Waals surface area (Å²) < 4.78 is 32.1. The summed E-state index contributed by atoms with van der Waals surface area (Å²) >= 11 is 6.41. The van der Waals surface area contributed by atoms with Gasteiger partial charge in [-0.2, -0.15) is 4.98 Å². The zero-order valence-electron chi connectivity index (χ0n) is 15.9. The van der Waals surface area contributed by atoms with Crippen LogP contribution in [-0.2, 0) is 0 Å². The van der Waals surface area contributed by atoms with Crippen molar-refractivity contribution >= 4 is 22.7 Å². The molecule has 1 aliphatic rings. The summed E-state index contributed by atoms with van der Waals surface area (Å²) in [7, 11) is 4.69. The molecule has 0 fully saturated rings. The Morgan fingerprint density at radius 3 is 2.62 bits per heavy atom. The topological polar surface area (TPSA) is 85.1 Å². The maximum absolute atomic E-state index is 6.41. The predicted molar refractivity (Wildman–Crippen MR) is 106 cm³/mol. The van der Waals surface area contributed by atoms with Crippen LogP contribution in [0.4, 0.5) is 0 Å². The minimum atomic E-state index is 0.142. The van der Waals surface area contributed by atoms with E-state index in [1.807, 2.05) is 0 Å². The van der Waals surface area contributed by atoms with Gasteiger partial charge in [0.05, 0.1) is 26.9 Å². The lowest BCUT2D eigenvalue weighted by atomic mass is 10.1. The summed E-state index contributed by atoms with van der Waals surface area (Å²) in [5.41, 5.74) is 1.38. The Bertz CT molecular complexity index is 1080. The largest absolute Gasteiger partial charge is 0.497 e. The van der Waals surface area contributed by atoms with E-state index in [-0.39, 0.29) is 17.7 Å². The number of nitrogens with zero attached hydrogens (tertiary/aromatic N) is 2. The van der Waals surface area contributed by atoms with Crippen molar-refractivity contribution in [2.75, 3.05) is 28.1 Å². The minimum absolute atomic E-state index is 0.142. The van der Waals surface area contributed by atoms with E-state index in [9.17, 15) is 0 Å². The average Bonchev–Trinajstić information content (AvgIpc) is 3.42. The molecule has 0 radical (unpaired) electrons. The Labute approximate surface area is 171 Å². The van der Waals surface area contributed by atoms with Crippen molar-refractivity contribution in [1.29, 1.82) is 0 Å². The van der Waals surface area contributed by atoms with E-state index in [4.69, 9.17) is 39.8 Å². The predicted octanol–water partition coefficient (Wildman–Crippen LogP) is 4.23. The van der Waals surface area contributed by atoms with Crippen LogP contribution in [0, 0.1) is 0 Å². The van der Waals surface area contributed by atoms with Crippen molar-refractivity contribution in [2.24, 2.45) is 0 Å². The van der Waals surface area contributed by atoms with E-state index >= 15 is 0 Å². The maximum Gasteiger partial charge on any atom is 0.269 e. The second kappa shape index (κ2) is 7.92. The van der Waals surface area contributed by atoms with Gasteiger partial charge in [-0.15, -0.1) is 0 Å². The van der Waals surface area contributed by atoms with Gasteiger partial charge in [-0.25, -0.2) is 0 Å². The molecule has 0 saturated carbocycles. The van der Waals surface area contributed by atoms with Gasteiger partial charge in [0.15, 0.2) is 11.5 Å². The van der Waals surface area contributed by atoms with Crippen LogP contribution in [-0.4, -0.2) is 38.3 Å². The highest BCUT2D eigenvalue weighted by Gasteiger charge is 2.21. The van der Waals surface area contributed by atoms with E-state index in [0.29, 0.717) is 40.1 Å². The summed E-state index contributed by atoms with van der Waals surface area (Å²) in [6.07, 6.45) is 1.68. The van der Waals surface area contributed by atoms with Gasteiger partial charge in [-0.05, 0) is 35.9 Å². The molecule has 0 N–H and O–H groups in total. The number of fused-ring (bicyclic) bond motifs is 1. The number of ether oxygens (including phenoxy) is 5. The van der Waals surface area contributed by atoms with E-state index in [1.165, 1.54) is 0 Å². The van der Waals surface area contributed by atoms with Gasteiger partial charge >= 0.3 is 0 Å². The molecular formula is C20H17ClN2O6. The van der Waals surface area contributed by atoms with Gasteiger partial charge in [0.2, 0.25) is 18.4 Å². The lowest BCUT2D eigenvalue weighted by Gasteiger charge is -2.07. The molecule has 0 bridgehead atoms. The first-order valence-electron chi connectivity index (χ1n) is 8.54. The van der Waals surface area contributed by atoms with E-state index in [0.717, 1.165) is 5.56 Å². The van der Waals surface area contributed by atoms with Gasteiger partial charge in [-0.3, -0.25) is 0 Å². The quantitative estimate of drug-likeness (QED) is 0.590. The number of methoxy groups -OCH3 is 3. The fourth-order valence-electron chi connectivity index (χ4n) is 2.85. The lowest BCUT2D eigenvalue weighted by molar-refractivity contribution is 0.171. The van der Waals surface area contributed by atoms with Crippen molar-refractivity contribution in [3.8, 4) is 40.1 Å². The fraction of sp³-hybridized carbons (Fsp3) is 0.200. The zero-order chi connectivity index (χ0) is 20.4. The van der Waals surface area contributed by atoms with Crippen LogP contribution in [0.5, 0.6) is 28.7 Å². The first kappa shape index (κ1) is 18.9. The summed E-state index contributed by atoms with van der Waals surface area (Å²) in [4.78, 5) is 4.37. The molecule has 0 aliphatic carbocycles. The summed E-state index contributed by atoms with van der Waals surface area (Å²) in [5.74, 6) is 3.40. The average molecular weight is 417 g/mol. The monoisotopic (exact) mass is 416 g/mol.